The Hall–Kier alpha value is -4.20. The maximum Gasteiger partial charge on any atom is 0.224 e. The van der Waals surface area contributed by atoms with E-state index in [0.29, 0.717) is 18.1 Å². The molecule has 1 N–H and O–H groups in total. The van der Waals surface area contributed by atoms with Crippen molar-refractivity contribution in [1.29, 1.82) is 0 Å². The van der Waals surface area contributed by atoms with Gasteiger partial charge in [-0.3, -0.25) is 4.79 Å². The highest BCUT2D eigenvalue weighted by Gasteiger charge is 2.19. The Morgan fingerprint density at radius 3 is 2.37 bits per heavy atom. The molecule has 3 aromatic carbocycles. The molecule has 1 atom stereocenters. The van der Waals surface area contributed by atoms with Crippen LogP contribution in [0.5, 0.6) is 23.0 Å². The fraction of sp³-hybridized carbons (Fsp3) is 0.333. The fourth-order valence-corrected chi connectivity index (χ4v) is 4.43. The van der Waals surface area contributed by atoms with Gasteiger partial charge in [-0.2, -0.15) is 0 Å². The molecule has 1 aromatic heterocycles. The van der Waals surface area contributed by atoms with Crippen molar-refractivity contribution in [2.75, 3.05) is 27.9 Å². The lowest BCUT2D eigenvalue weighted by Gasteiger charge is -2.17. The van der Waals surface area contributed by atoms with Crippen molar-refractivity contribution in [1.82, 2.24) is 14.9 Å². The first kappa shape index (κ1) is 26.9. The molecule has 4 rings (SSSR count). The topological polar surface area (TPSA) is 83.8 Å². The van der Waals surface area contributed by atoms with Gasteiger partial charge in [-0.1, -0.05) is 18.2 Å². The van der Waals surface area contributed by atoms with Crippen molar-refractivity contribution >= 4 is 16.9 Å². The lowest BCUT2D eigenvalue weighted by molar-refractivity contribution is -0.121. The Kier molecular flexibility index (Phi) is 9.08. The molecule has 0 bridgehead atoms. The number of methoxy groups -OCH3 is 3. The highest BCUT2D eigenvalue weighted by atomic mass is 16.5. The Bertz CT molecular complexity index is 1350. The predicted octanol–water partition coefficient (Wildman–Crippen LogP) is 5.34. The van der Waals surface area contributed by atoms with Crippen LogP contribution in [0.3, 0.4) is 0 Å². The standard InChI is InChI=1S/C30H35N3O5/c1-21(31-29(34)20-22-11-16-27(36-3)28(19-22)37-4)30-32-25-9-5-6-10-26(25)33(30)17-7-8-18-38-24-14-12-23(35-2)13-15-24/h5-6,9-16,19,21H,7-8,17-18,20H2,1-4H3,(H,31,34). The number of unbranched alkanes of at least 4 members (excludes halogenated alkanes) is 1. The van der Waals surface area contributed by atoms with Gasteiger partial charge < -0.3 is 28.8 Å². The van der Waals surface area contributed by atoms with Gasteiger partial charge in [-0.15, -0.1) is 0 Å². The van der Waals surface area contributed by atoms with E-state index in [1.807, 2.05) is 67.6 Å². The van der Waals surface area contributed by atoms with Crippen molar-refractivity contribution < 1.29 is 23.7 Å². The summed E-state index contributed by atoms with van der Waals surface area (Å²) >= 11 is 0. The van der Waals surface area contributed by atoms with Crippen LogP contribution in [0.25, 0.3) is 11.0 Å². The van der Waals surface area contributed by atoms with E-state index in [0.717, 1.165) is 53.3 Å². The summed E-state index contributed by atoms with van der Waals surface area (Å²) in [5, 5.41) is 3.12. The number of fused-ring (bicyclic) bond motifs is 1. The number of hydrogen-bond donors (Lipinski definition) is 1. The first-order valence-electron chi connectivity index (χ1n) is 12.7. The van der Waals surface area contributed by atoms with Gasteiger partial charge in [0.25, 0.3) is 0 Å². The lowest BCUT2D eigenvalue weighted by Crippen LogP contribution is -2.30. The van der Waals surface area contributed by atoms with E-state index in [2.05, 4.69) is 16.0 Å². The molecule has 1 unspecified atom stereocenters. The van der Waals surface area contributed by atoms with Crippen LogP contribution in [0.4, 0.5) is 0 Å². The Labute approximate surface area is 223 Å². The second-order valence-corrected chi connectivity index (χ2v) is 9.00. The van der Waals surface area contributed by atoms with E-state index >= 15 is 0 Å². The van der Waals surface area contributed by atoms with Crippen molar-refractivity contribution in [3.63, 3.8) is 0 Å². The van der Waals surface area contributed by atoms with E-state index < -0.39 is 0 Å². The molecule has 0 aliphatic rings. The molecule has 0 saturated carbocycles. The number of ether oxygens (including phenoxy) is 4. The SMILES string of the molecule is COc1ccc(OCCCCn2c(C(C)NC(=O)Cc3ccc(OC)c(OC)c3)nc3ccccc32)cc1. The summed E-state index contributed by atoms with van der Waals surface area (Å²) in [6.07, 6.45) is 2.03. The number of hydrogen-bond acceptors (Lipinski definition) is 6. The zero-order chi connectivity index (χ0) is 26.9. The molecule has 0 aliphatic heterocycles. The summed E-state index contributed by atoms with van der Waals surface area (Å²) in [6, 6.07) is 20.9. The third-order valence-corrected chi connectivity index (χ3v) is 6.37. The maximum absolute atomic E-state index is 12.9. The fourth-order valence-electron chi connectivity index (χ4n) is 4.43. The third kappa shape index (κ3) is 6.56. The summed E-state index contributed by atoms with van der Waals surface area (Å²) in [5.74, 6) is 3.61. The quantitative estimate of drug-likeness (QED) is 0.241. The molecule has 1 heterocycles. The molecular weight excluding hydrogens is 482 g/mol. The minimum Gasteiger partial charge on any atom is -0.497 e. The molecule has 0 radical (unpaired) electrons. The molecule has 8 nitrogen and oxygen atoms in total. The largest absolute Gasteiger partial charge is 0.497 e. The summed E-state index contributed by atoms with van der Waals surface area (Å²) < 4.78 is 23.9. The normalized spacial score (nSPS) is 11.7. The minimum absolute atomic E-state index is 0.0868. The van der Waals surface area contributed by atoms with Gasteiger partial charge in [0.15, 0.2) is 11.5 Å². The van der Waals surface area contributed by atoms with E-state index in [9.17, 15) is 4.79 Å². The zero-order valence-electron chi connectivity index (χ0n) is 22.4. The molecule has 0 spiro atoms. The van der Waals surface area contributed by atoms with Crippen molar-refractivity contribution in [3.05, 3.63) is 78.1 Å². The molecule has 38 heavy (non-hydrogen) atoms. The number of carbonyl (C=O) groups is 1. The van der Waals surface area contributed by atoms with Crippen LogP contribution in [0.1, 0.15) is 37.2 Å². The van der Waals surface area contributed by atoms with E-state index in [1.165, 1.54) is 0 Å². The highest BCUT2D eigenvalue weighted by molar-refractivity contribution is 5.80. The van der Waals surface area contributed by atoms with Gasteiger partial charge in [-0.25, -0.2) is 4.98 Å². The van der Waals surface area contributed by atoms with Gasteiger partial charge in [-0.05, 0) is 73.9 Å². The number of nitrogens with one attached hydrogen (secondary N) is 1. The molecule has 0 aliphatic carbocycles. The molecule has 4 aromatic rings. The van der Waals surface area contributed by atoms with E-state index in [-0.39, 0.29) is 18.4 Å². The van der Waals surface area contributed by atoms with Crippen LogP contribution in [0, 0.1) is 0 Å². The number of aromatic nitrogens is 2. The van der Waals surface area contributed by atoms with Crippen LogP contribution in [0.2, 0.25) is 0 Å². The Morgan fingerprint density at radius 2 is 1.63 bits per heavy atom. The van der Waals surface area contributed by atoms with Crippen molar-refractivity contribution in [3.8, 4) is 23.0 Å². The molecule has 0 fully saturated rings. The second-order valence-electron chi connectivity index (χ2n) is 9.00. The molecule has 200 valence electrons. The first-order valence-corrected chi connectivity index (χ1v) is 12.7. The maximum atomic E-state index is 12.9. The minimum atomic E-state index is -0.259. The monoisotopic (exact) mass is 517 g/mol. The molecule has 0 saturated heterocycles. The van der Waals surface area contributed by atoms with E-state index in [1.54, 1.807) is 21.3 Å². The van der Waals surface area contributed by atoms with Crippen LogP contribution >= 0.6 is 0 Å². The van der Waals surface area contributed by atoms with Crippen molar-refractivity contribution in [2.24, 2.45) is 0 Å². The van der Waals surface area contributed by atoms with Gasteiger partial charge in [0.2, 0.25) is 5.91 Å². The summed E-state index contributed by atoms with van der Waals surface area (Å²) in [6.45, 7) is 3.36. The summed E-state index contributed by atoms with van der Waals surface area (Å²) in [4.78, 5) is 17.8. The van der Waals surface area contributed by atoms with Gasteiger partial charge in [0.1, 0.15) is 17.3 Å². The summed E-state index contributed by atoms with van der Waals surface area (Å²) in [7, 11) is 4.82. The third-order valence-electron chi connectivity index (χ3n) is 6.37. The average molecular weight is 518 g/mol. The Balaban J connectivity index is 1.37. The molecular formula is C30H35N3O5. The lowest BCUT2D eigenvalue weighted by atomic mass is 10.1. The number of aryl methyl sites for hydroxylation is 1. The summed E-state index contributed by atoms with van der Waals surface area (Å²) in [5.41, 5.74) is 2.82. The number of nitrogens with zero attached hydrogens (tertiary/aromatic N) is 2. The number of amides is 1. The van der Waals surface area contributed by atoms with Crippen molar-refractivity contribution in [2.45, 2.75) is 38.8 Å². The van der Waals surface area contributed by atoms with Gasteiger partial charge >= 0.3 is 0 Å². The van der Waals surface area contributed by atoms with Crippen LogP contribution in [0.15, 0.2) is 66.7 Å². The smallest absolute Gasteiger partial charge is 0.224 e. The predicted molar refractivity (Wildman–Crippen MR) is 147 cm³/mol. The number of rotatable bonds is 13. The average Bonchev–Trinajstić information content (AvgIpc) is 3.31. The number of para-hydroxylation sites is 2. The Morgan fingerprint density at radius 1 is 0.895 bits per heavy atom. The zero-order valence-corrected chi connectivity index (χ0v) is 22.4. The van der Waals surface area contributed by atoms with E-state index in [4.69, 9.17) is 23.9 Å². The van der Waals surface area contributed by atoms with Crippen LogP contribution in [-0.2, 0) is 17.8 Å². The van der Waals surface area contributed by atoms with Crippen LogP contribution in [-0.4, -0.2) is 43.4 Å². The van der Waals surface area contributed by atoms with Crippen LogP contribution < -0.4 is 24.3 Å². The molecule has 1 amide bonds. The molecule has 8 heteroatoms. The van der Waals surface area contributed by atoms with Gasteiger partial charge in [0.05, 0.1) is 51.4 Å². The van der Waals surface area contributed by atoms with Gasteiger partial charge in [0, 0.05) is 6.54 Å². The first-order chi connectivity index (χ1) is 18.5. The number of imidazole rings is 1. The number of carbonyl (C=O) groups excluding carboxylic acids is 1. The second kappa shape index (κ2) is 12.9. The highest BCUT2D eigenvalue weighted by Crippen LogP contribution is 2.28. The number of benzene rings is 3.